The summed E-state index contributed by atoms with van der Waals surface area (Å²) in [7, 11) is 0. The minimum absolute atomic E-state index is 0.157. The van der Waals surface area contributed by atoms with Crippen molar-refractivity contribution in [2.24, 2.45) is 0 Å². The third kappa shape index (κ3) is 4.27. The first-order valence-electron chi connectivity index (χ1n) is 9.64. The molecule has 29 heavy (non-hydrogen) atoms. The van der Waals surface area contributed by atoms with Crippen LogP contribution in [0.2, 0.25) is 0 Å². The molecule has 1 aliphatic rings. The number of hydrogen-bond donors (Lipinski definition) is 1. The number of ether oxygens (including phenoxy) is 2. The molecule has 6 nitrogen and oxygen atoms in total. The van der Waals surface area contributed by atoms with E-state index in [1.165, 1.54) is 6.20 Å². The molecular formula is C23H22N2O4. The molecule has 0 aliphatic carbocycles. The van der Waals surface area contributed by atoms with Gasteiger partial charge < -0.3 is 14.8 Å². The van der Waals surface area contributed by atoms with Gasteiger partial charge in [0.25, 0.3) is 5.91 Å². The summed E-state index contributed by atoms with van der Waals surface area (Å²) in [6.07, 6.45) is 4.56. The highest BCUT2D eigenvalue weighted by molar-refractivity contribution is 6.06. The van der Waals surface area contributed by atoms with Gasteiger partial charge in [-0.15, -0.1) is 0 Å². The van der Waals surface area contributed by atoms with E-state index in [-0.39, 0.29) is 12.0 Å². The number of amides is 1. The largest absolute Gasteiger partial charge is 0.491 e. The third-order valence-electron chi connectivity index (χ3n) is 5.09. The number of anilines is 1. The van der Waals surface area contributed by atoms with Crippen molar-refractivity contribution in [1.29, 1.82) is 0 Å². The first-order chi connectivity index (χ1) is 14.1. The lowest BCUT2D eigenvalue weighted by Crippen LogP contribution is -2.16. The van der Waals surface area contributed by atoms with E-state index >= 15 is 0 Å². The van der Waals surface area contributed by atoms with Crippen LogP contribution in [0.3, 0.4) is 0 Å². The Morgan fingerprint density at radius 3 is 2.83 bits per heavy atom. The molecule has 6 heteroatoms. The predicted molar refractivity (Wildman–Crippen MR) is 111 cm³/mol. The number of aryl methyl sites for hydroxylation is 1. The van der Waals surface area contributed by atoms with Crippen molar-refractivity contribution in [2.45, 2.75) is 25.9 Å². The van der Waals surface area contributed by atoms with Gasteiger partial charge >= 0.3 is 0 Å². The Morgan fingerprint density at radius 1 is 1.28 bits per heavy atom. The molecule has 4 rings (SSSR count). The quantitative estimate of drug-likeness (QED) is 0.640. The molecule has 148 valence electrons. The van der Waals surface area contributed by atoms with Gasteiger partial charge in [-0.2, -0.15) is 0 Å². The zero-order valence-electron chi connectivity index (χ0n) is 16.2. The molecule has 1 atom stereocenters. The predicted octanol–water partition coefficient (Wildman–Crippen LogP) is 4.17. The molecule has 3 aromatic rings. The highest BCUT2D eigenvalue weighted by atomic mass is 16.5. The first-order valence-corrected chi connectivity index (χ1v) is 9.64. The second kappa shape index (κ2) is 8.41. The van der Waals surface area contributed by atoms with Crippen molar-refractivity contribution >= 4 is 28.8 Å². The SMILES string of the molecule is Cc1c(NC(=O)c2ccc(OC[C@@H]3CCCO3)cc2)ccc2cc(C=O)cnc12. The van der Waals surface area contributed by atoms with E-state index in [0.29, 0.717) is 29.2 Å². The zero-order chi connectivity index (χ0) is 20.2. The van der Waals surface area contributed by atoms with E-state index in [0.717, 1.165) is 42.2 Å². The molecule has 1 aromatic heterocycles. The van der Waals surface area contributed by atoms with Crippen LogP contribution in [0.1, 0.15) is 39.1 Å². The second-order valence-electron chi connectivity index (χ2n) is 7.12. The zero-order valence-corrected chi connectivity index (χ0v) is 16.2. The van der Waals surface area contributed by atoms with Crippen molar-refractivity contribution in [3.05, 3.63) is 65.4 Å². The normalized spacial score (nSPS) is 16.0. The molecule has 0 bridgehead atoms. The number of fused-ring (bicyclic) bond motifs is 1. The molecule has 1 amide bonds. The monoisotopic (exact) mass is 390 g/mol. The summed E-state index contributed by atoms with van der Waals surface area (Å²) in [5, 5.41) is 3.79. The highest BCUT2D eigenvalue weighted by Gasteiger charge is 2.16. The Bertz CT molecular complexity index is 1040. The topological polar surface area (TPSA) is 77.5 Å². The number of nitrogens with zero attached hydrogens (tertiary/aromatic N) is 1. The summed E-state index contributed by atoms with van der Waals surface area (Å²) in [4.78, 5) is 27.9. The summed E-state index contributed by atoms with van der Waals surface area (Å²) < 4.78 is 11.3. The molecule has 2 heterocycles. The van der Waals surface area contributed by atoms with Crippen LogP contribution < -0.4 is 10.1 Å². The number of rotatable bonds is 6. The lowest BCUT2D eigenvalue weighted by Gasteiger charge is -2.13. The molecule has 1 saturated heterocycles. The minimum atomic E-state index is -0.206. The van der Waals surface area contributed by atoms with E-state index in [9.17, 15) is 9.59 Å². The molecule has 2 aromatic carbocycles. The van der Waals surface area contributed by atoms with Crippen LogP contribution in [0.4, 0.5) is 5.69 Å². The van der Waals surface area contributed by atoms with Gasteiger partial charge in [0.2, 0.25) is 0 Å². The number of aromatic nitrogens is 1. The standard InChI is InChI=1S/C23H22N2O4/c1-15-21(9-6-18-11-16(13-26)12-24-22(15)18)25-23(27)17-4-7-19(8-5-17)29-14-20-3-2-10-28-20/h4-9,11-13,20H,2-3,10,14H2,1H3,(H,25,27)/t20-/m0/s1. The number of nitrogens with one attached hydrogen (secondary N) is 1. The van der Waals surface area contributed by atoms with Crippen molar-refractivity contribution in [1.82, 2.24) is 4.98 Å². The summed E-state index contributed by atoms with van der Waals surface area (Å²) in [6, 6.07) is 12.5. The smallest absolute Gasteiger partial charge is 0.255 e. The Kier molecular flexibility index (Phi) is 5.53. The van der Waals surface area contributed by atoms with Crippen molar-refractivity contribution in [2.75, 3.05) is 18.5 Å². The van der Waals surface area contributed by atoms with Gasteiger partial charge in [0.05, 0.1) is 11.6 Å². The van der Waals surface area contributed by atoms with E-state index in [2.05, 4.69) is 10.3 Å². The third-order valence-corrected chi connectivity index (χ3v) is 5.09. The number of carbonyl (C=O) groups excluding carboxylic acids is 2. The van der Waals surface area contributed by atoms with E-state index in [4.69, 9.17) is 9.47 Å². The van der Waals surface area contributed by atoms with Gasteiger partial charge in [-0.1, -0.05) is 6.07 Å². The summed E-state index contributed by atoms with van der Waals surface area (Å²) in [5.74, 6) is 0.511. The maximum absolute atomic E-state index is 12.6. The van der Waals surface area contributed by atoms with E-state index in [1.807, 2.05) is 19.1 Å². The van der Waals surface area contributed by atoms with Gasteiger partial charge in [0.15, 0.2) is 6.29 Å². The minimum Gasteiger partial charge on any atom is -0.491 e. The van der Waals surface area contributed by atoms with Crippen LogP contribution in [-0.4, -0.2) is 36.5 Å². The lowest BCUT2D eigenvalue weighted by atomic mass is 10.1. The Labute approximate surface area is 168 Å². The fourth-order valence-corrected chi connectivity index (χ4v) is 3.43. The second-order valence-corrected chi connectivity index (χ2v) is 7.12. The van der Waals surface area contributed by atoms with Crippen LogP contribution in [0, 0.1) is 6.92 Å². The van der Waals surface area contributed by atoms with Gasteiger partial charge in [0.1, 0.15) is 12.4 Å². The molecule has 1 aliphatic heterocycles. The number of aldehydes is 1. The fourth-order valence-electron chi connectivity index (χ4n) is 3.43. The van der Waals surface area contributed by atoms with Gasteiger partial charge in [-0.3, -0.25) is 14.6 Å². The van der Waals surface area contributed by atoms with E-state index < -0.39 is 0 Å². The van der Waals surface area contributed by atoms with Crippen molar-refractivity contribution in [3.8, 4) is 5.75 Å². The average Bonchev–Trinajstić information content (AvgIpc) is 3.28. The average molecular weight is 390 g/mol. The summed E-state index contributed by atoms with van der Waals surface area (Å²) in [5.41, 5.74) is 3.36. The Morgan fingerprint density at radius 2 is 2.10 bits per heavy atom. The highest BCUT2D eigenvalue weighted by Crippen LogP contribution is 2.25. The maximum atomic E-state index is 12.6. The van der Waals surface area contributed by atoms with E-state index in [1.54, 1.807) is 30.3 Å². The number of pyridine rings is 1. The van der Waals surface area contributed by atoms with Crippen molar-refractivity contribution in [3.63, 3.8) is 0 Å². The Balaban J connectivity index is 1.44. The van der Waals surface area contributed by atoms with Crippen molar-refractivity contribution < 1.29 is 19.1 Å². The van der Waals surface area contributed by atoms with Crippen LogP contribution in [0.25, 0.3) is 10.9 Å². The molecule has 0 spiro atoms. The number of hydrogen-bond acceptors (Lipinski definition) is 5. The molecular weight excluding hydrogens is 368 g/mol. The van der Waals surface area contributed by atoms with Crippen LogP contribution in [-0.2, 0) is 4.74 Å². The fraction of sp³-hybridized carbons (Fsp3) is 0.261. The van der Waals surface area contributed by atoms with Crippen LogP contribution >= 0.6 is 0 Å². The lowest BCUT2D eigenvalue weighted by molar-refractivity contribution is 0.0679. The van der Waals surface area contributed by atoms with Gasteiger partial charge in [-0.05, 0) is 61.7 Å². The molecule has 0 unspecified atom stereocenters. The van der Waals surface area contributed by atoms with Crippen LogP contribution in [0.5, 0.6) is 5.75 Å². The van der Waals surface area contributed by atoms with Crippen LogP contribution in [0.15, 0.2) is 48.7 Å². The first kappa shape index (κ1) is 19.1. The van der Waals surface area contributed by atoms with Gasteiger partial charge in [-0.25, -0.2) is 0 Å². The summed E-state index contributed by atoms with van der Waals surface area (Å²) >= 11 is 0. The van der Waals surface area contributed by atoms with Gasteiger partial charge in [0, 0.05) is 35.0 Å². The molecule has 0 radical (unpaired) electrons. The number of benzene rings is 2. The number of carbonyl (C=O) groups is 2. The molecule has 0 saturated carbocycles. The molecule has 1 fully saturated rings. The Hall–Kier alpha value is -3.25. The molecule has 1 N–H and O–H groups in total. The maximum Gasteiger partial charge on any atom is 0.255 e. The summed E-state index contributed by atoms with van der Waals surface area (Å²) in [6.45, 7) is 3.23.